The normalized spacial score (nSPS) is 10.9. The first-order valence-corrected chi connectivity index (χ1v) is 14.2. The standard InChI is InChI=1S/C23H22N8O3S4/c1-3-9-30-18(19(24)34)20(38-23(30)35)26-17(33)12-37-22-29-28-15(31(22)14-7-5-4-6-8-14)11-36-21-25-13(2)10-16(32)27-21/h3-8,10H,1,9,11-12H2,2H3,(H2,24,34)(H,26,33)(H,25,27,32). The molecule has 196 valence electrons. The number of primary amides is 1. The van der Waals surface area contributed by atoms with Gasteiger partial charge in [-0.3, -0.25) is 19.0 Å². The summed E-state index contributed by atoms with van der Waals surface area (Å²) in [6.07, 6.45) is 1.59. The van der Waals surface area contributed by atoms with Crippen LogP contribution in [0.2, 0.25) is 0 Å². The minimum Gasteiger partial charge on any atom is -0.364 e. The number of carbonyl (C=O) groups is 2. The zero-order valence-corrected chi connectivity index (χ0v) is 23.3. The largest absolute Gasteiger partial charge is 0.364 e. The lowest BCUT2D eigenvalue weighted by molar-refractivity contribution is -0.113. The van der Waals surface area contributed by atoms with Crippen LogP contribution in [0.3, 0.4) is 0 Å². The van der Waals surface area contributed by atoms with Crippen LogP contribution in [0.4, 0.5) is 5.00 Å². The molecular formula is C23H22N8O3S4. The Hall–Kier alpha value is -3.53. The number of hydrogen-bond acceptors (Lipinski definition) is 10. The first kappa shape index (κ1) is 27.5. The molecule has 1 aromatic carbocycles. The summed E-state index contributed by atoms with van der Waals surface area (Å²) in [5.41, 5.74) is 6.88. The third kappa shape index (κ3) is 6.48. The van der Waals surface area contributed by atoms with Crippen molar-refractivity contribution in [2.24, 2.45) is 5.73 Å². The number of thiazole rings is 1. The molecule has 0 saturated carbocycles. The first-order chi connectivity index (χ1) is 18.3. The van der Waals surface area contributed by atoms with Crippen molar-refractivity contribution < 1.29 is 9.59 Å². The smallest absolute Gasteiger partial charge is 0.268 e. The van der Waals surface area contributed by atoms with Gasteiger partial charge in [0.1, 0.15) is 16.5 Å². The van der Waals surface area contributed by atoms with E-state index in [2.05, 4.69) is 32.1 Å². The number of para-hydroxylation sites is 1. The minimum atomic E-state index is -0.697. The van der Waals surface area contributed by atoms with Gasteiger partial charge >= 0.3 is 0 Å². The predicted molar refractivity (Wildman–Crippen MR) is 152 cm³/mol. The number of hydrogen-bond donors (Lipinski definition) is 3. The number of aromatic nitrogens is 6. The highest BCUT2D eigenvalue weighted by molar-refractivity contribution is 7.99. The van der Waals surface area contributed by atoms with Crippen LogP contribution < -0.4 is 16.6 Å². The number of aryl methyl sites for hydroxylation is 1. The SMILES string of the molecule is C=CCn1c(C(N)=O)c(NC(=O)CSc2nnc(CSc3nc(C)cc(=O)[nH]3)n2-c2ccccc2)sc1=S. The molecule has 4 N–H and O–H groups in total. The highest BCUT2D eigenvalue weighted by atomic mass is 32.2. The summed E-state index contributed by atoms with van der Waals surface area (Å²) in [6, 6.07) is 10.9. The Balaban J connectivity index is 1.53. The summed E-state index contributed by atoms with van der Waals surface area (Å²) in [7, 11) is 0. The van der Waals surface area contributed by atoms with Gasteiger partial charge in [0.05, 0.1) is 11.5 Å². The van der Waals surface area contributed by atoms with Crippen molar-refractivity contribution in [2.45, 2.75) is 29.5 Å². The quantitative estimate of drug-likeness (QED) is 0.104. The molecule has 0 saturated heterocycles. The van der Waals surface area contributed by atoms with E-state index in [-0.39, 0.29) is 27.9 Å². The number of aromatic amines is 1. The lowest BCUT2D eigenvalue weighted by Crippen LogP contribution is -2.21. The van der Waals surface area contributed by atoms with E-state index in [1.165, 1.54) is 34.2 Å². The maximum atomic E-state index is 12.8. The molecular weight excluding hydrogens is 565 g/mol. The maximum absolute atomic E-state index is 12.8. The van der Waals surface area contributed by atoms with Crippen molar-refractivity contribution in [2.75, 3.05) is 11.1 Å². The molecule has 3 heterocycles. The summed E-state index contributed by atoms with van der Waals surface area (Å²) in [5.74, 6) is -0.0703. The van der Waals surface area contributed by atoms with Crippen LogP contribution in [0.15, 0.2) is 64.2 Å². The maximum Gasteiger partial charge on any atom is 0.268 e. The van der Waals surface area contributed by atoms with Gasteiger partial charge in [0.25, 0.3) is 11.5 Å². The summed E-state index contributed by atoms with van der Waals surface area (Å²) in [6.45, 7) is 5.71. The van der Waals surface area contributed by atoms with Gasteiger partial charge in [-0.25, -0.2) is 4.98 Å². The fraction of sp³-hybridized carbons (Fsp3) is 0.174. The van der Waals surface area contributed by atoms with Gasteiger partial charge < -0.3 is 20.6 Å². The number of benzene rings is 1. The first-order valence-electron chi connectivity index (χ1n) is 11.0. The van der Waals surface area contributed by atoms with Gasteiger partial charge in [-0.2, -0.15) is 0 Å². The Morgan fingerprint density at radius 2 is 2.03 bits per heavy atom. The van der Waals surface area contributed by atoms with Crippen molar-refractivity contribution in [3.63, 3.8) is 0 Å². The minimum absolute atomic E-state index is 0.00477. The van der Waals surface area contributed by atoms with Crippen LogP contribution in [0, 0.1) is 10.9 Å². The van der Waals surface area contributed by atoms with Crippen molar-refractivity contribution in [3.8, 4) is 5.69 Å². The Bertz CT molecular complexity index is 1610. The van der Waals surface area contributed by atoms with Crippen molar-refractivity contribution in [3.05, 3.63) is 80.6 Å². The number of nitrogens with one attached hydrogen (secondary N) is 2. The summed E-state index contributed by atoms with van der Waals surface area (Å²) >= 11 is 8.91. The molecule has 0 aliphatic heterocycles. The van der Waals surface area contributed by atoms with Gasteiger partial charge in [-0.1, -0.05) is 59.1 Å². The molecule has 3 aromatic heterocycles. The molecule has 0 atom stereocenters. The molecule has 0 spiro atoms. The van der Waals surface area contributed by atoms with Crippen LogP contribution in [-0.2, 0) is 17.1 Å². The highest BCUT2D eigenvalue weighted by Crippen LogP contribution is 2.28. The van der Waals surface area contributed by atoms with Crippen LogP contribution in [0.1, 0.15) is 22.0 Å². The molecule has 11 nitrogen and oxygen atoms in total. The van der Waals surface area contributed by atoms with E-state index in [9.17, 15) is 14.4 Å². The Labute approximate surface area is 234 Å². The van der Waals surface area contributed by atoms with E-state index in [4.69, 9.17) is 18.0 Å². The second-order valence-electron chi connectivity index (χ2n) is 7.70. The average molecular weight is 587 g/mol. The van der Waals surface area contributed by atoms with E-state index in [1.54, 1.807) is 13.0 Å². The Morgan fingerprint density at radius 1 is 1.26 bits per heavy atom. The highest BCUT2D eigenvalue weighted by Gasteiger charge is 2.21. The lowest BCUT2D eigenvalue weighted by atomic mass is 10.3. The molecule has 4 aromatic rings. The molecule has 0 bridgehead atoms. The second kappa shape index (κ2) is 12.3. The zero-order chi connectivity index (χ0) is 27.2. The van der Waals surface area contributed by atoms with E-state index in [0.29, 0.717) is 38.1 Å². The fourth-order valence-corrected chi connectivity index (χ4v) is 6.34. The summed E-state index contributed by atoms with van der Waals surface area (Å²) in [5, 5.41) is 12.6. The van der Waals surface area contributed by atoms with Gasteiger partial charge in [-0.05, 0) is 31.3 Å². The lowest BCUT2D eigenvalue weighted by Gasteiger charge is -2.10. The number of anilines is 1. The monoisotopic (exact) mass is 586 g/mol. The second-order valence-corrected chi connectivity index (χ2v) is 11.2. The molecule has 0 unspecified atom stereocenters. The topological polar surface area (TPSA) is 154 Å². The van der Waals surface area contributed by atoms with Crippen molar-refractivity contribution >= 4 is 63.9 Å². The van der Waals surface area contributed by atoms with E-state index in [1.807, 2.05) is 34.9 Å². The third-order valence-electron chi connectivity index (χ3n) is 4.93. The Kier molecular flexibility index (Phi) is 8.93. The molecule has 0 radical (unpaired) electrons. The number of allylic oxidation sites excluding steroid dienone is 1. The number of amides is 2. The van der Waals surface area contributed by atoms with Crippen molar-refractivity contribution in [1.82, 2.24) is 29.3 Å². The van der Waals surface area contributed by atoms with Crippen LogP contribution in [-0.4, -0.2) is 46.9 Å². The van der Waals surface area contributed by atoms with E-state index < -0.39 is 5.91 Å². The summed E-state index contributed by atoms with van der Waals surface area (Å²) < 4.78 is 3.78. The fourth-order valence-electron chi connectivity index (χ4n) is 3.40. The van der Waals surface area contributed by atoms with Crippen molar-refractivity contribution in [1.29, 1.82) is 0 Å². The molecule has 2 amide bonds. The number of H-pyrrole nitrogens is 1. The predicted octanol–water partition coefficient (Wildman–Crippen LogP) is 3.56. The molecule has 38 heavy (non-hydrogen) atoms. The van der Waals surface area contributed by atoms with Gasteiger partial charge in [0.2, 0.25) is 5.91 Å². The average Bonchev–Trinajstić information content (AvgIpc) is 3.41. The van der Waals surface area contributed by atoms with Gasteiger partial charge in [0.15, 0.2) is 14.3 Å². The number of nitrogens with zero attached hydrogens (tertiary/aromatic N) is 5. The molecule has 0 fully saturated rings. The van der Waals surface area contributed by atoms with Crippen LogP contribution in [0.25, 0.3) is 5.69 Å². The molecule has 4 rings (SSSR count). The molecule has 15 heteroatoms. The number of nitrogens with two attached hydrogens (primary N) is 1. The zero-order valence-electron chi connectivity index (χ0n) is 20.0. The van der Waals surface area contributed by atoms with E-state index in [0.717, 1.165) is 17.0 Å². The molecule has 0 aliphatic rings. The number of carbonyl (C=O) groups excluding carboxylic acids is 2. The number of rotatable bonds is 11. The summed E-state index contributed by atoms with van der Waals surface area (Å²) in [4.78, 5) is 43.7. The van der Waals surface area contributed by atoms with Crippen LogP contribution in [0.5, 0.6) is 0 Å². The Morgan fingerprint density at radius 3 is 2.71 bits per heavy atom. The number of thioether (sulfide) groups is 2. The van der Waals surface area contributed by atoms with E-state index >= 15 is 0 Å². The van der Waals surface area contributed by atoms with Gasteiger partial charge in [0, 0.05) is 24.0 Å². The third-order valence-corrected chi connectivity index (χ3v) is 8.09. The van der Waals surface area contributed by atoms with Crippen LogP contribution >= 0.6 is 47.1 Å². The molecule has 0 aliphatic carbocycles. The van der Waals surface area contributed by atoms with Gasteiger partial charge in [-0.15, -0.1) is 16.8 Å².